The highest BCUT2D eigenvalue weighted by molar-refractivity contribution is 9.10. The molecule has 4 nitrogen and oxygen atoms in total. The number of halogens is 1. The van der Waals surface area contributed by atoms with Gasteiger partial charge in [-0.15, -0.1) is 10.2 Å². The molecule has 0 spiro atoms. The number of hydrogen-bond acceptors (Lipinski definition) is 3. The van der Waals surface area contributed by atoms with Crippen molar-refractivity contribution >= 4 is 15.9 Å². The fraction of sp³-hybridized carbons (Fsp3) is 0.312. The Labute approximate surface area is 132 Å². The summed E-state index contributed by atoms with van der Waals surface area (Å²) in [6.45, 7) is 0. The number of nitrogens with zero attached hydrogens (tertiary/aromatic N) is 4. The Morgan fingerprint density at radius 3 is 2.90 bits per heavy atom. The van der Waals surface area contributed by atoms with Gasteiger partial charge in [0.05, 0.1) is 6.07 Å². The van der Waals surface area contributed by atoms with Gasteiger partial charge < -0.3 is 4.57 Å². The van der Waals surface area contributed by atoms with Crippen LogP contribution in [0.4, 0.5) is 0 Å². The van der Waals surface area contributed by atoms with E-state index >= 15 is 0 Å². The Morgan fingerprint density at radius 1 is 1.48 bits per heavy atom. The lowest BCUT2D eigenvalue weighted by Crippen LogP contribution is -2.25. The van der Waals surface area contributed by atoms with Gasteiger partial charge in [0.1, 0.15) is 12.2 Å². The highest BCUT2D eigenvalue weighted by atomic mass is 79.9. The van der Waals surface area contributed by atoms with Gasteiger partial charge in [-0.05, 0) is 36.5 Å². The molecular weight excluding hydrogens is 328 g/mol. The zero-order valence-corrected chi connectivity index (χ0v) is 13.3. The fourth-order valence-corrected chi connectivity index (χ4v) is 3.38. The van der Waals surface area contributed by atoms with Crippen molar-refractivity contribution in [1.82, 2.24) is 14.8 Å². The van der Waals surface area contributed by atoms with Gasteiger partial charge in [-0.1, -0.05) is 33.6 Å². The molecule has 2 aromatic rings. The van der Waals surface area contributed by atoms with E-state index < -0.39 is 0 Å². The smallest absolute Gasteiger partial charge is 0.140 e. The van der Waals surface area contributed by atoms with Crippen LogP contribution in [-0.2, 0) is 7.05 Å². The molecule has 1 aromatic carbocycles. The Kier molecular flexibility index (Phi) is 3.89. The minimum atomic E-state index is 0.214. The fourth-order valence-electron chi connectivity index (χ4n) is 2.96. The van der Waals surface area contributed by atoms with Gasteiger partial charge in [0.25, 0.3) is 0 Å². The van der Waals surface area contributed by atoms with Crippen LogP contribution in [-0.4, -0.2) is 14.8 Å². The molecule has 3 rings (SSSR count). The molecule has 1 aliphatic rings. The van der Waals surface area contributed by atoms with E-state index in [1.165, 1.54) is 11.1 Å². The van der Waals surface area contributed by atoms with Gasteiger partial charge in [-0.2, -0.15) is 5.26 Å². The van der Waals surface area contributed by atoms with Crippen molar-refractivity contribution in [2.45, 2.75) is 18.8 Å². The summed E-state index contributed by atoms with van der Waals surface area (Å²) >= 11 is 3.54. The van der Waals surface area contributed by atoms with Crippen LogP contribution in [0, 0.1) is 17.2 Å². The number of benzene rings is 1. The van der Waals surface area contributed by atoms with Crippen LogP contribution in [0.3, 0.4) is 0 Å². The van der Waals surface area contributed by atoms with E-state index in [1.807, 2.05) is 23.7 Å². The SMILES string of the molecule is Cn1cnnc1C(c1cccc(Br)c1)C1CC(=CC#N)C1. The average molecular weight is 343 g/mol. The van der Waals surface area contributed by atoms with Crippen molar-refractivity contribution in [3.8, 4) is 6.07 Å². The Morgan fingerprint density at radius 2 is 2.29 bits per heavy atom. The number of aryl methyl sites for hydroxylation is 1. The molecule has 1 aromatic heterocycles. The lowest BCUT2D eigenvalue weighted by atomic mass is 9.69. The maximum absolute atomic E-state index is 8.75. The lowest BCUT2D eigenvalue weighted by molar-refractivity contribution is 0.358. The summed E-state index contributed by atoms with van der Waals surface area (Å²) in [5.74, 6) is 1.67. The van der Waals surface area contributed by atoms with E-state index in [2.05, 4.69) is 44.3 Å². The van der Waals surface area contributed by atoms with Crippen molar-refractivity contribution < 1.29 is 0 Å². The van der Waals surface area contributed by atoms with E-state index in [0.717, 1.165) is 23.1 Å². The summed E-state index contributed by atoms with van der Waals surface area (Å²) in [6.07, 6.45) is 5.32. The first kappa shape index (κ1) is 14.0. The van der Waals surface area contributed by atoms with Crippen LogP contribution in [0.15, 0.2) is 46.7 Å². The van der Waals surface area contributed by atoms with Crippen molar-refractivity contribution in [2.75, 3.05) is 0 Å². The van der Waals surface area contributed by atoms with Crippen LogP contribution in [0.2, 0.25) is 0 Å². The topological polar surface area (TPSA) is 54.5 Å². The van der Waals surface area contributed by atoms with E-state index in [1.54, 1.807) is 12.4 Å². The predicted octanol–water partition coefficient (Wildman–Crippen LogP) is 3.57. The van der Waals surface area contributed by atoms with Gasteiger partial charge >= 0.3 is 0 Å². The van der Waals surface area contributed by atoms with Crippen molar-refractivity contribution in [2.24, 2.45) is 13.0 Å². The zero-order valence-electron chi connectivity index (χ0n) is 11.7. The van der Waals surface area contributed by atoms with Crippen molar-refractivity contribution in [3.63, 3.8) is 0 Å². The first-order valence-corrected chi connectivity index (χ1v) is 7.65. The summed E-state index contributed by atoms with van der Waals surface area (Å²) in [4.78, 5) is 0. The quantitative estimate of drug-likeness (QED) is 0.801. The molecule has 21 heavy (non-hydrogen) atoms. The number of rotatable bonds is 3. The summed E-state index contributed by atoms with van der Waals surface area (Å²) in [5.41, 5.74) is 2.46. The largest absolute Gasteiger partial charge is 0.320 e. The molecule has 0 bridgehead atoms. The molecule has 0 aliphatic heterocycles. The molecular formula is C16H15BrN4. The molecule has 1 fully saturated rings. The van der Waals surface area contributed by atoms with Crippen molar-refractivity contribution in [1.29, 1.82) is 5.26 Å². The summed E-state index contributed by atoms with van der Waals surface area (Å²) < 4.78 is 3.05. The molecule has 0 amide bonds. The van der Waals surface area contributed by atoms with E-state index in [-0.39, 0.29) is 5.92 Å². The molecule has 0 radical (unpaired) electrons. The monoisotopic (exact) mass is 342 g/mol. The first-order valence-electron chi connectivity index (χ1n) is 6.86. The van der Waals surface area contributed by atoms with E-state index in [9.17, 15) is 0 Å². The third-order valence-corrected chi connectivity index (χ3v) is 4.51. The second-order valence-corrected chi connectivity index (χ2v) is 6.35. The molecule has 1 unspecified atom stereocenters. The molecule has 1 atom stereocenters. The second-order valence-electron chi connectivity index (χ2n) is 5.43. The van der Waals surface area contributed by atoms with E-state index in [4.69, 9.17) is 5.26 Å². The maximum Gasteiger partial charge on any atom is 0.140 e. The summed E-state index contributed by atoms with van der Waals surface area (Å²) in [6, 6.07) is 10.5. The zero-order chi connectivity index (χ0) is 14.8. The Balaban J connectivity index is 1.96. The predicted molar refractivity (Wildman–Crippen MR) is 83.4 cm³/mol. The van der Waals surface area contributed by atoms with Gasteiger partial charge in [-0.25, -0.2) is 0 Å². The number of nitriles is 1. The highest BCUT2D eigenvalue weighted by Gasteiger charge is 2.35. The molecule has 1 heterocycles. The molecule has 106 valence electrons. The molecule has 5 heteroatoms. The van der Waals surface area contributed by atoms with Gasteiger partial charge in [0.15, 0.2) is 0 Å². The van der Waals surface area contributed by atoms with Crippen molar-refractivity contribution in [3.05, 3.63) is 58.1 Å². The van der Waals surface area contributed by atoms with Gasteiger partial charge in [-0.3, -0.25) is 0 Å². The Hall–Kier alpha value is -1.93. The summed E-state index contributed by atoms with van der Waals surface area (Å²) in [5, 5.41) is 17.1. The van der Waals surface area contributed by atoms with Crippen LogP contribution >= 0.6 is 15.9 Å². The van der Waals surface area contributed by atoms with Gasteiger partial charge in [0, 0.05) is 23.5 Å². The average Bonchev–Trinajstić information content (AvgIpc) is 2.83. The Bertz CT molecular complexity index is 718. The number of allylic oxidation sites excluding steroid dienone is 2. The van der Waals surface area contributed by atoms with Crippen LogP contribution < -0.4 is 0 Å². The van der Waals surface area contributed by atoms with Crippen LogP contribution in [0.25, 0.3) is 0 Å². The maximum atomic E-state index is 8.75. The molecule has 1 aliphatic carbocycles. The second kappa shape index (κ2) is 5.82. The van der Waals surface area contributed by atoms with Gasteiger partial charge in [0.2, 0.25) is 0 Å². The lowest BCUT2D eigenvalue weighted by Gasteiger charge is -2.35. The minimum absolute atomic E-state index is 0.214. The normalized spacial score (nSPS) is 18.7. The standard InChI is InChI=1S/C16H15BrN4/c1-21-10-19-20-16(21)15(12-3-2-4-14(17)9-12)13-7-11(8-13)5-6-18/h2-5,9-10,13,15H,7-8H2,1H3. The third-order valence-electron chi connectivity index (χ3n) is 4.02. The molecule has 0 N–H and O–H groups in total. The third kappa shape index (κ3) is 2.77. The van der Waals surface area contributed by atoms with Crippen LogP contribution in [0.5, 0.6) is 0 Å². The molecule has 1 saturated carbocycles. The first-order chi connectivity index (χ1) is 10.2. The van der Waals surface area contributed by atoms with Crippen LogP contribution in [0.1, 0.15) is 30.1 Å². The summed E-state index contributed by atoms with van der Waals surface area (Å²) in [7, 11) is 1.98. The minimum Gasteiger partial charge on any atom is -0.320 e. The number of aromatic nitrogens is 3. The highest BCUT2D eigenvalue weighted by Crippen LogP contribution is 2.45. The molecule has 0 saturated heterocycles. The number of hydrogen-bond donors (Lipinski definition) is 0. The van der Waals surface area contributed by atoms with E-state index in [0.29, 0.717) is 5.92 Å².